The number of nitrogens with one attached hydrogen (secondary N) is 1. The molecule has 0 saturated carbocycles. The molecule has 0 amide bonds. The Hall–Kier alpha value is -1.88. The summed E-state index contributed by atoms with van der Waals surface area (Å²) in [7, 11) is 0. The number of aromatic nitrogens is 3. The monoisotopic (exact) mass is 231 g/mol. The van der Waals surface area contributed by atoms with E-state index >= 15 is 0 Å². The Morgan fingerprint density at radius 2 is 2.12 bits per heavy atom. The van der Waals surface area contributed by atoms with Gasteiger partial charge in [0.1, 0.15) is 5.82 Å². The zero-order valence-corrected chi connectivity index (χ0v) is 10.1. The predicted molar refractivity (Wildman–Crippen MR) is 67.9 cm³/mol. The van der Waals surface area contributed by atoms with E-state index in [4.69, 9.17) is 5.84 Å². The molecule has 0 radical (unpaired) electrons. The SMILES string of the molecule is CCc1cc(CC)n(-c2ccnc(NN)c2)n1. The van der Waals surface area contributed by atoms with Crippen molar-refractivity contribution in [2.45, 2.75) is 26.7 Å². The van der Waals surface area contributed by atoms with Crippen molar-refractivity contribution in [1.29, 1.82) is 0 Å². The fraction of sp³-hybridized carbons (Fsp3) is 0.333. The number of rotatable bonds is 4. The van der Waals surface area contributed by atoms with Crippen LogP contribution in [0, 0.1) is 0 Å². The number of anilines is 1. The molecule has 0 aliphatic rings. The van der Waals surface area contributed by atoms with E-state index in [0.29, 0.717) is 5.82 Å². The van der Waals surface area contributed by atoms with Gasteiger partial charge in [-0.25, -0.2) is 15.5 Å². The Kier molecular flexibility index (Phi) is 3.39. The van der Waals surface area contributed by atoms with E-state index in [1.165, 1.54) is 5.69 Å². The molecule has 5 heteroatoms. The van der Waals surface area contributed by atoms with Crippen LogP contribution in [0.3, 0.4) is 0 Å². The Labute approximate surface area is 101 Å². The van der Waals surface area contributed by atoms with E-state index in [1.807, 2.05) is 16.8 Å². The van der Waals surface area contributed by atoms with Crippen molar-refractivity contribution >= 4 is 5.82 Å². The zero-order chi connectivity index (χ0) is 12.3. The Morgan fingerprint density at radius 3 is 2.76 bits per heavy atom. The van der Waals surface area contributed by atoms with E-state index in [-0.39, 0.29) is 0 Å². The van der Waals surface area contributed by atoms with Crippen molar-refractivity contribution in [3.8, 4) is 5.69 Å². The van der Waals surface area contributed by atoms with Gasteiger partial charge in [-0.15, -0.1) is 0 Å². The number of hydrogen-bond donors (Lipinski definition) is 2. The number of nitrogens with zero attached hydrogens (tertiary/aromatic N) is 3. The number of hydrogen-bond acceptors (Lipinski definition) is 4. The normalized spacial score (nSPS) is 10.5. The molecule has 3 N–H and O–H groups in total. The van der Waals surface area contributed by atoms with Crippen molar-refractivity contribution in [1.82, 2.24) is 14.8 Å². The van der Waals surface area contributed by atoms with Gasteiger partial charge in [0.15, 0.2) is 0 Å². The van der Waals surface area contributed by atoms with E-state index in [2.05, 4.69) is 35.4 Å². The number of nitrogens with two attached hydrogens (primary N) is 1. The van der Waals surface area contributed by atoms with Gasteiger partial charge in [0.2, 0.25) is 0 Å². The lowest BCUT2D eigenvalue weighted by atomic mass is 10.2. The molecular weight excluding hydrogens is 214 g/mol. The van der Waals surface area contributed by atoms with Gasteiger partial charge in [-0.1, -0.05) is 13.8 Å². The van der Waals surface area contributed by atoms with Crippen molar-refractivity contribution < 1.29 is 0 Å². The van der Waals surface area contributed by atoms with Crippen molar-refractivity contribution in [2.24, 2.45) is 5.84 Å². The maximum atomic E-state index is 5.36. The number of pyridine rings is 1. The van der Waals surface area contributed by atoms with Gasteiger partial charge in [0.25, 0.3) is 0 Å². The van der Waals surface area contributed by atoms with Crippen LogP contribution in [0.1, 0.15) is 25.2 Å². The summed E-state index contributed by atoms with van der Waals surface area (Å²) in [6.07, 6.45) is 3.60. The molecule has 2 aromatic rings. The average molecular weight is 231 g/mol. The fourth-order valence-electron chi connectivity index (χ4n) is 1.75. The Morgan fingerprint density at radius 1 is 1.29 bits per heavy atom. The highest BCUT2D eigenvalue weighted by atomic mass is 15.3. The minimum atomic E-state index is 0.637. The van der Waals surface area contributed by atoms with E-state index < -0.39 is 0 Å². The molecule has 0 aromatic carbocycles. The quantitative estimate of drug-likeness (QED) is 0.620. The standard InChI is InChI=1S/C12H17N5/c1-3-9-7-10(4-2)17(16-9)11-5-6-14-12(8-11)15-13/h5-8H,3-4,13H2,1-2H3,(H,14,15). The molecule has 5 nitrogen and oxygen atoms in total. The van der Waals surface area contributed by atoms with Gasteiger partial charge < -0.3 is 5.43 Å². The largest absolute Gasteiger partial charge is 0.308 e. The summed E-state index contributed by atoms with van der Waals surface area (Å²) < 4.78 is 1.95. The summed E-state index contributed by atoms with van der Waals surface area (Å²) in [5.41, 5.74) is 5.81. The van der Waals surface area contributed by atoms with Crippen molar-refractivity contribution in [3.63, 3.8) is 0 Å². The van der Waals surface area contributed by atoms with E-state index in [1.54, 1.807) is 6.20 Å². The van der Waals surface area contributed by atoms with Crippen molar-refractivity contribution in [2.75, 3.05) is 5.43 Å². The first-order valence-corrected chi connectivity index (χ1v) is 5.79. The summed E-state index contributed by atoms with van der Waals surface area (Å²) in [4.78, 5) is 4.09. The van der Waals surface area contributed by atoms with E-state index in [9.17, 15) is 0 Å². The first-order chi connectivity index (χ1) is 8.28. The Balaban J connectivity index is 2.47. The van der Waals surface area contributed by atoms with Crippen LogP contribution in [-0.4, -0.2) is 14.8 Å². The maximum absolute atomic E-state index is 5.36. The average Bonchev–Trinajstić information content (AvgIpc) is 2.82. The van der Waals surface area contributed by atoms with Gasteiger partial charge in [0, 0.05) is 18.0 Å². The lowest BCUT2D eigenvalue weighted by molar-refractivity contribution is 0.793. The molecule has 0 unspecified atom stereocenters. The molecule has 0 saturated heterocycles. The van der Waals surface area contributed by atoms with Crippen LogP contribution in [0.15, 0.2) is 24.4 Å². The first kappa shape index (κ1) is 11.6. The second-order valence-corrected chi connectivity index (χ2v) is 3.79. The summed E-state index contributed by atoms with van der Waals surface area (Å²) in [6, 6.07) is 5.94. The summed E-state index contributed by atoms with van der Waals surface area (Å²) >= 11 is 0. The van der Waals surface area contributed by atoms with Gasteiger partial charge in [0.05, 0.1) is 11.4 Å². The predicted octanol–water partition coefficient (Wildman–Crippen LogP) is 1.68. The second kappa shape index (κ2) is 4.97. The van der Waals surface area contributed by atoms with Crippen LogP contribution >= 0.6 is 0 Å². The highest BCUT2D eigenvalue weighted by molar-refractivity contribution is 5.44. The van der Waals surface area contributed by atoms with Crippen LogP contribution in [0.25, 0.3) is 5.69 Å². The molecule has 17 heavy (non-hydrogen) atoms. The minimum Gasteiger partial charge on any atom is -0.308 e. The summed E-state index contributed by atoms with van der Waals surface area (Å²) in [5, 5.41) is 4.57. The molecule has 0 aliphatic carbocycles. The lowest BCUT2D eigenvalue weighted by Crippen LogP contribution is -2.09. The zero-order valence-electron chi connectivity index (χ0n) is 10.1. The van der Waals surface area contributed by atoms with Gasteiger partial charge in [-0.3, -0.25) is 0 Å². The molecule has 0 atom stereocenters. The topological polar surface area (TPSA) is 68.8 Å². The van der Waals surface area contributed by atoms with Gasteiger partial charge in [-0.2, -0.15) is 5.10 Å². The van der Waals surface area contributed by atoms with Gasteiger partial charge >= 0.3 is 0 Å². The van der Waals surface area contributed by atoms with Crippen LogP contribution in [0.2, 0.25) is 0 Å². The van der Waals surface area contributed by atoms with Crippen LogP contribution < -0.4 is 11.3 Å². The molecule has 90 valence electrons. The van der Waals surface area contributed by atoms with Crippen LogP contribution in [0.5, 0.6) is 0 Å². The summed E-state index contributed by atoms with van der Waals surface area (Å²) in [5.74, 6) is 5.99. The first-order valence-electron chi connectivity index (χ1n) is 5.79. The lowest BCUT2D eigenvalue weighted by Gasteiger charge is -2.07. The third kappa shape index (κ3) is 2.29. The third-order valence-corrected chi connectivity index (χ3v) is 2.69. The molecule has 2 aromatic heterocycles. The molecule has 0 aliphatic heterocycles. The smallest absolute Gasteiger partial charge is 0.142 e. The molecule has 0 fully saturated rings. The molecule has 0 bridgehead atoms. The van der Waals surface area contributed by atoms with Gasteiger partial charge in [-0.05, 0) is 25.0 Å². The number of nitrogen functional groups attached to an aromatic ring is 1. The molecular formula is C12H17N5. The highest BCUT2D eigenvalue weighted by Crippen LogP contribution is 2.15. The third-order valence-electron chi connectivity index (χ3n) is 2.69. The minimum absolute atomic E-state index is 0.637. The second-order valence-electron chi connectivity index (χ2n) is 3.79. The molecule has 2 rings (SSSR count). The Bertz CT molecular complexity index is 503. The highest BCUT2D eigenvalue weighted by Gasteiger charge is 2.07. The number of aryl methyl sites for hydroxylation is 2. The molecule has 0 spiro atoms. The fourth-order valence-corrected chi connectivity index (χ4v) is 1.75. The van der Waals surface area contributed by atoms with E-state index in [0.717, 1.165) is 24.2 Å². The number of hydrazine groups is 1. The molecule has 2 heterocycles. The van der Waals surface area contributed by atoms with Crippen molar-refractivity contribution in [3.05, 3.63) is 35.8 Å². The van der Waals surface area contributed by atoms with Crippen LogP contribution in [0.4, 0.5) is 5.82 Å². The van der Waals surface area contributed by atoms with Crippen LogP contribution in [-0.2, 0) is 12.8 Å². The summed E-state index contributed by atoms with van der Waals surface area (Å²) in [6.45, 7) is 4.22. The maximum Gasteiger partial charge on any atom is 0.142 e.